The van der Waals surface area contributed by atoms with E-state index in [0.717, 1.165) is 64.2 Å². The first kappa shape index (κ1) is 56.5. The Labute approximate surface area is 379 Å². The number of aliphatic hydroxyl groups is 7. The van der Waals surface area contributed by atoms with Crippen LogP contribution in [0.25, 0.3) is 0 Å². The summed E-state index contributed by atoms with van der Waals surface area (Å²) in [6.45, 7) is 2.17. The molecule has 11 unspecified atom stereocenters. The van der Waals surface area contributed by atoms with Crippen molar-refractivity contribution in [1.82, 2.24) is 0 Å². The first-order valence-corrected chi connectivity index (χ1v) is 22.8. The molecular weight excluding hydrogens is 829 g/mol. The van der Waals surface area contributed by atoms with Crippen molar-refractivity contribution in [2.24, 2.45) is 0 Å². The molecule has 362 valence electrons. The van der Waals surface area contributed by atoms with Crippen molar-refractivity contribution in [2.75, 3.05) is 26.4 Å². The van der Waals surface area contributed by atoms with E-state index in [4.69, 9.17) is 28.4 Å². The number of unbranched alkanes of at least 4 members (excludes halogenated alkanes) is 3. The van der Waals surface area contributed by atoms with Gasteiger partial charge in [0.2, 0.25) is 0 Å². The van der Waals surface area contributed by atoms with E-state index in [-0.39, 0.29) is 19.4 Å². The van der Waals surface area contributed by atoms with Crippen LogP contribution in [0.5, 0.6) is 0 Å². The summed E-state index contributed by atoms with van der Waals surface area (Å²) in [6, 6.07) is 0. The molecule has 2 rings (SSSR count). The van der Waals surface area contributed by atoms with Crippen molar-refractivity contribution in [3.8, 4) is 0 Å². The van der Waals surface area contributed by atoms with Crippen LogP contribution < -0.4 is 0 Å². The van der Waals surface area contributed by atoms with Crippen LogP contribution in [0.1, 0.15) is 104 Å². The average Bonchev–Trinajstić information content (AvgIpc) is 3.29. The molecule has 0 aromatic rings. The Hall–Kier alpha value is -3.58. The number of rotatable bonds is 32. The predicted molar refractivity (Wildman–Crippen MR) is 242 cm³/mol. The Kier molecular flexibility index (Phi) is 31.5. The Morgan fingerprint density at radius 3 is 1.52 bits per heavy atom. The Morgan fingerprint density at radius 2 is 0.984 bits per heavy atom. The highest BCUT2D eigenvalue weighted by Gasteiger charge is 2.47. The zero-order chi connectivity index (χ0) is 46.8. The van der Waals surface area contributed by atoms with Gasteiger partial charge < -0.3 is 64.2 Å². The molecule has 0 saturated carbocycles. The third kappa shape index (κ3) is 24.1. The van der Waals surface area contributed by atoms with E-state index >= 15 is 0 Å². The van der Waals surface area contributed by atoms with Crippen LogP contribution in [0.2, 0.25) is 0 Å². The van der Waals surface area contributed by atoms with E-state index in [1.807, 2.05) is 18.2 Å². The van der Waals surface area contributed by atoms with Gasteiger partial charge in [0.15, 0.2) is 18.7 Å². The lowest BCUT2D eigenvalue weighted by atomic mass is 9.98. The van der Waals surface area contributed by atoms with Crippen LogP contribution in [0.15, 0.2) is 97.2 Å². The molecule has 0 aromatic heterocycles. The molecule has 0 aliphatic carbocycles. The molecule has 0 spiro atoms. The molecule has 15 heteroatoms. The Morgan fingerprint density at radius 1 is 0.516 bits per heavy atom. The fourth-order valence-corrected chi connectivity index (χ4v) is 6.36. The third-order valence-corrected chi connectivity index (χ3v) is 10.1. The molecule has 15 nitrogen and oxygen atoms in total. The van der Waals surface area contributed by atoms with Gasteiger partial charge in [0.1, 0.15) is 55.4 Å². The van der Waals surface area contributed by atoms with E-state index in [2.05, 4.69) is 86.8 Å². The van der Waals surface area contributed by atoms with Crippen LogP contribution in [-0.4, -0.2) is 142 Å². The highest BCUT2D eigenvalue weighted by Crippen LogP contribution is 2.26. The summed E-state index contributed by atoms with van der Waals surface area (Å²) in [4.78, 5) is 25.6. The van der Waals surface area contributed by atoms with Gasteiger partial charge in [-0.15, -0.1) is 0 Å². The molecule has 7 N–H and O–H groups in total. The molecule has 0 bridgehead atoms. The maximum absolute atomic E-state index is 12.9. The molecule has 0 aromatic carbocycles. The number of hydrogen-bond donors (Lipinski definition) is 7. The molecular formula is C49H76O15. The molecule has 2 aliphatic heterocycles. The van der Waals surface area contributed by atoms with E-state index in [0.29, 0.717) is 12.8 Å². The summed E-state index contributed by atoms with van der Waals surface area (Å²) in [5.74, 6) is -1.12. The summed E-state index contributed by atoms with van der Waals surface area (Å²) in [5, 5.41) is 71.9. The summed E-state index contributed by atoms with van der Waals surface area (Å²) in [5.41, 5.74) is 0. The average molecular weight is 905 g/mol. The molecule has 0 radical (unpaired) electrons. The van der Waals surface area contributed by atoms with E-state index in [1.165, 1.54) is 0 Å². The molecule has 0 amide bonds. The van der Waals surface area contributed by atoms with Gasteiger partial charge in [0.05, 0.1) is 26.2 Å². The SMILES string of the molecule is CC/C=C\C/C=C\C/C=C\C/C=C\C/C=C\CC(=O)OC(COC(=O)CCCCC/C=C\C/C=C\C/C=C\CC)COC1OC(COC2OC(CO)C(O)C(O)C2O)C(O)C(O)C1O. The Balaban J connectivity index is 1.92. The number of carbonyl (C=O) groups excluding carboxylic acids is 2. The van der Waals surface area contributed by atoms with Crippen molar-refractivity contribution >= 4 is 11.9 Å². The van der Waals surface area contributed by atoms with Gasteiger partial charge in [-0.05, 0) is 70.6 Å². The quantitative estimate of drug-likeness (QED) is 0.0267. The van der Waals surface area contributed by atoms with Gasteiger partial charge in [0.25, 0.3) is 0 Å². The summed E-state index contributed by atoms with van der Waals surface area (Å²) < 4.78 is 33.3. The maximum atomic E-state index is 12.9. The fourth-order valence-electron chi connectivity index (χ4n) is 6.36. The topological polar surface area (TPSA) is 231 Å². The van der Waals surface area contributed by atoms with Gasteiger partial charge >= 0.3 is 11.9 Å². The lowest BCUT2D eigenvalue weighted by molar-refractivity contribution is -0.332. The monoisotopic (exact) mass is 905 g/mol. The number of aliphatic hydroxyl groups excluding tert-OH is 7. The number of hydrogen-bond acceptors (Lipinski definition) is 15. The first-order valence-electron chi connectivity index (χ1n) is 22.8. The third-order valence-electron chi connectivity index (χ3n) is 10.1. The Bertz CT molecular complexity index is 1480. The molecule has 2 heterocycles. The zero-order valence-corrected chi connectivity index (χ0v) is 37.7. The minimum Gasteiger partial charge on any atom is -0.462 e. The molecule has 64 heavy (non-hydrogen) atoms. The van der Waals surface area contributed by atoms with Crippen LogP contribution in [-0.2, 0) is 38.0 Å². The maximum Gasteiger partial charge on any atom is 0.310 e. The lowest BCUT2D eigenvalue weighted by Crippen LogP contribution is -2.61. The van der Waals surface area contributed by atoms with Crippen LogP contribution in [0.4, 0.5) is 0 Å². The van der Waals surface area contributed by atoms with Crippen LogP contribution >= 0.6 is 0 Å². The number of esters is 2. The van der Waals surface area contributed by atoms with E-state index in [9.17, 15) is 45.3 Å². The molecule has 11 atom stereocenters. The lowest BCUT2D eigenvalue weighted by Gasteiger charge is -2.42. The van der Waals surface area contributed by atoms with Gasteiger partial charge in [-0.2, -0.15) is 0 Å². The molecule has 2 aliphatic rings. The van der Waals surface area contributed by atoms with Gasteiger partial charge in [-0.25, -0.2) is 0 Å². The first-order chi connectivity index (χ1) is 31.0. The second-order valence-corrected chi connectivity index (χ2v) is 15.5. The number of carbonyl (C=O) groups is 2. The summed E-state index contributed by atoms with van der Waals surface area (Å²) in [6.07, 6.45) is 26.3. The van der Waals surface area contributed by atoms with Crippen molar-refractivity contribution < 1.29 is 73.8 Å². The zero-order valence-electron chi connectivity index (χ0n) is 37.7. The second-order valence-electron chi connectivity index (χ2n) is 15.5. The standard InChI is InChI=1S/C49H76O15/c1-3-5-7-9-11-13-15-17-18-20-22-24-26-28-30-32-41(52)62-37(34-59-40(51)31-29-27-25-23-21-19-16-14-12-10-8-6-4-2)35-60-48-47(58)45(56)43(54)39(64-48)36-61-49-46(57)44(55)42(53)38(33-50)63-49/h5-8,11-14,17-19,21-22,24,28,30,37-39,42-50,53-58H,3-4,9-10,15-16,20,23,25-27,29,31-36H2,1-2H3/b7-5-,8-6-,13-11-,14-12-,18-17-,21-19-,24-22-,30-28-. The highest BCUT2D eigenvalue weighted by atomic mass is 16.7. The van der Waals surface area contributed by atoms with Gasteiger partial charge in [0, 0.05) is 6.42 Å². The van der Waals surface area contributed by atoms with Crippen molar-refractivity contribution in [1.29, 1.82) is 0 Å². The fraction of sp³-hybridized carbons (Fsp3) is 0.633. The second kappa shape index (κ2) is 35.7. The van der Waals surface area contributed by atoms with Gasteiger partial charge in [-0.1, -0.05) is 117 Å². The van der Waals surface area contributed by atoms with Crippen molar-refractivity contribution in [3.05, 3.63) is 97.2 Å². The largest absolute Gasteiger partial charge is 0.462 e. The van der Waals surface area contributed by atoms with Crippen molar-refractivity contribution in [3.63, 3.8) is 0 Å². The van der Waals surface area contributed by atoms with Crippen molar-refractivity contribution in [2.45, 2.75) is 171 Å². The smallest absolute Gasteiger partial charge is 0.310 e. The highest BCUT2D eigenvalue weighted by molar-refractivity contribution is 5.71. The summed E-state index contributed by atoms with van der Waals surface area (Å²) in [7, 11) is 0. The summed E-state index contributed by atoms with van der Waals surface area (Å²) >= 11 is 0. The predicted octanol–water partition coefficient (Wildman–Crippen LogP) is 5.03. The van der Waals surface area contributed by atoms with E-state index < -0.39 is 99.3 Å². The minimum absolute atomic E-state index is 0.0795. The number of ether oxygens (including phenoxy) is 6. The number of allylic oxidation sites excluding steroid dienone is 15. The van der Waals surface area contributed by atoms with Gasteiger partial charge in [-0.3, -0.25) is 9.59 Å². The van der Waals surface area contributed by atoms with E-state index in [1.54, 1.807) is 6.08 Å². The molecule has 2 saturated heterocycles. The normalized spacial score (nSPS) is 27.5. The minimum atomic E-state index is -1.79. The molecule has 2 fully saturated rings. The van der Waals surface area contributed by atoms with Crippen LogP contribution in [0.3, 0.4) is 0 Å². The van der Waals surface area contributed by atoms with Crippen LogP contribution in [0, 0.1) is 0 Å².